The Balaban J connectivity index is 2.51. The summed E-state index contributed by atoms with van der Waals surface area (Å²) >= 11 is 13.6. The highest BCUT2D eigenvalue weighted by Crippen LogP contribution is 2.41. The van der Waals surface area contributed by atoms with Gasteiger partial charge in [-0.05, 0) is 48.7 Å². The predicted molar refractivity (Wildman–Crippen MR) is 92.4 cm³/mol. The SMILES string of the molecule is COc1cc(Br)ccc1C(Br)c1cc(C)c(C)cc1Cl. The fourth-order valence-corrected chi connectivity index (χ4v) is 3.62. The first-order chi connectivity index (χ1) is 9.43. The molecule has 106 valence electrons. The number of hydrogen-bond acceptors (Lipinski definition) is 1. The van der Waals surface area contributed by atoms with Gasteiger partial charge < -0.3 is 4.74 Å². The second-order valence-electron chi connectivity index (χ2n) is 4.71. The maximum atomic E-state index is 6.39. The van der Waals surface area contributed by atoms with Crippen LogP contribution in [0.3, 0.4) is 0 Å². The summed E-state index contributed by atoms with van der Waals surface area (Å²) in [4.78, 5) is -0.00245. The summed E-state index contributed by atoms with van der Waals surface area (Å²) in [5.41, 5.74) is 4.53. The van der Waals surface area contributed by atoms with Crippen LogP contribution in [-0.2, 0) is 0 Å². The summed E-state index contributed by atoms with van der Waals surface area (Å²) in [7, 11) is 1.67. The Bertz CT molecular complexity index is 641. The first-order valence-corrected chi connectivity index (χ1v) is 8.27. The van der Waals surface area contributed by atoms with E-state index in [2.05, 4.69) is 51.8 Å². The number of benzene rings is 2. The van der Waals surface area contributed by atoms with Crippen LogP contribution in [0.15, 0.2) is 34.8 Å². The molecule has 2 rings (SSSR count). The molecule has 0 spiro atoms. The minimum atomic E-state index is -0.00245. The van der Waals surface area contributed by atoms with Gasteiger partial charge in [-0.2, -0.15) is 0 Å². The molecule has 20 heavy (non-hydrogen) atoms. The minimum absolute atomic E-state index is 0.00245. The highest BCUT2D eigenvalue weighted by molar-refractivity contribution is 9.10. The quantitative estimate of drug-likeness (QED) is 0.538. The number of alkyl halides is 1. The van der Waals surface area contributed by atoms with E-state index in [0.717, 1.165) is 26.4 Å². The van der Waals surface area contributed by atoms with Crippen LogP contribution >= 0.6 is 43.5 Å². The molecule has 1 unspecified atom stereocenters. The molecule has 0 fully saturated rings. The van der Waals surface area contributed by atoms with Crippen LogP contribution in [0.1, 0.15) is 27.1 Å². The Morgan fingerprint density at radius 1 is 1.05 bits per heavy atom. The van der Waals surface area contributed by atoms with E-state index in [4.69, 9.17) is 16.3 Å². The molecule has 2 aromatic carbocycles. The van der Waals surface area contributed by atoms with Crippen molar-refractivity contribution < 1.29 is 4.74 Å². The summed E-state index contributed by atoms with van der Waals surface area (Å²) in [6.07, 6.45) is 0. The van der Waals surface area contributed by atoms with E-state index in [1.54, 1.807) is 7.11 Å². The lowest BCUT2D eigenvalue weighted by atomic mass is 9.99. The minimum Gasteiger partial charge on any atom is -0.496 e. The lowest BCUT2D eigenvalue weighted by Crippen LogP contribution is -1.99. The molecule has 0 N–H and O–H groups in total. The lowest BCUT2D eigenvalue weighted by Gasteiger charge is -2.17. The number of hydrogen-bond donors (Lipinski definition) is 0. The van der Waals surface area contributed by atoms with Gasteiger partial charge in [-0.3, -0.25) is 0 Å². The largest absolute Gasteiger partial charge is 0.496 e. The maximum absolute atomic E-state index is 6.39. The van der Waals surface area contributed by atoms with Crippen molar-refractivity contribution in [1.29, 1.82) is 0 Å². The average Bonchev–Trinajstić information content (AvgIpc) is 2.42. The molecule has 0 bridgehead atoms. The second kappa shape index (κ2) is 6.50. The highest BCUT2D eigenvalue weighted by atomic mass is 79.9. The van der Waals surface area contributed by atoms with E-state index in [-0.39, 0.29) is 4.83 Å². The molecule has 2 aromatic rings. The topological polar surface area (TPSA) is 9.23 Å². The van der Waals surface area contributed by atoms with Gasteiger partial charge in [0.2, 0.25) is 0 Å². The van der Waals surface area contributed by atoms with Crippen LogP contribution < -0.4 is 4.74 Å². The second-order valence-corrected chi connectivity index (χ2v) is 6.95. The van der Waals surface area contributed by atoms with Crippen molar-refractivity contribution in [2.75, 3.05) is 7.11 Å². The van der Waals surface area contributed by atoms with Crippen LogP contribution in [0.2, 0.25) is 5.02 Å². The molecule has 0 radical (unpaired) electrons. The summed E-state index contributed by atoms with van der Waals surface area (Å²) in [5, 5.41) is 0.764. The van der Waals surface area contributed by atoms with Crippen LogP contribution in [-0.4, -0.2) is 7.11 Å². The zero-order valence-electron chi connectivity index (χ0n) is 11.5. The standard InChI is InChI=1S/C16H15Br2ClO/c1-9-6-13(14(19)7-10(9)2)16(18)12-5-4-11(17)8-15(12)20-3/h4-8,16H,1-3H3. The number of rotatable bonds is 3. The molecule has 0 saturated heterocycles. The highest BCUT2D eigenvalue weighted by Gasteiger charge is 2.18. The van der Waals surface area contributed by atoms with Crippen LogP contribution in [0.4, 0.5) is 0 Å². The number of aryl methyl sites for hydroxylation is 2. The Kier molecular flexibility index (Phi) is 5.16. The summed E-state index contributed by atoms with van der Waals surface area (Å²) < 4.78 is 6.45. The van der Waals surface area contributed by atoms with Gasteiger partial charge in [0.15, 0.2) is 0 Å². The van der Waals surface area contributed by atoms with Crippen LogP contribution in [0.25, 0.3) is 0 Å². The average molecular weight is 419 g/mol. The summed E-state index contributed by atoms with van der Waals surface area (Å²) in [6, 6.07) is 10.1. The zero-order chi connectivity index (χ0) is 14.9. The van der Waals surface area contributed by atoms with E-state index < -0.39 is 0 Å². The molecule has 0 aliphatic rings. The smallest absolute Gasteiger partial charge is 0.124 e. The van der Waals surface area contributed by atoms with E-state index in [0.29, 0.717) is 0 Å². The normalized spacial score (nSPS) is 12.3. The van der Waals surface area contributed by atoms with Crippen LogP contribution in [0.5, 0.6) is 5.75 Å². The van der Waals surface area contributed by atoms with E-state index in [1.165, 1.54) is 11.1 Å². The van der Waals surface area contributed by atoms with E-state index >= 15 is 0 Å². The van der Waals surface area contributed by atoms with Crippen molar-refractivity contribution in [1.82, 2.24) is 0 Å². The van der Waals surface area contributed by atoms with Crippen LogP contribution in [0, 0.1) is 13.8 Å². The molecular weight excluding hydrogens is 403 g/mol. The molecule has 1 nitrogen and oxygen atoms in total. The molecule has 0 saturated carbocycles. The molecule has 0 aromatic heterocycles. The Morgan fingerprint density at radius 2 is 1.70 bits per heavy atom. The zero-order valence-corrected chi connectivity index (χ0v) is 15.4. The molecule has 0 aliphatic carbocycles. The van der Waals surface area contributed by atoms with Crippen molar-refractivity contribution in [2.24, 2.45) is 0 Å². The van der Waals surface area contributed by atoms with Gasteiger partial charge in [0.25, 0.3) is 0 Å². The Labute approximate surface area is 141 Å². The third kappa shape index (κ3) is 3.21. The molecule has 1 atom stereocenters. The number of methoxy groups -OCH3 is 1. The van der Waals surface area contributed by atoms with Crippen molar-refractivity contribution in [3.63, 3.8) is 0 Å². The third-order valence-electron chi connectivity index (χ3n) is 3.35. The lowest BCUT2D eigenvalue weighted by molar-refractivity contribution is 0.410. The molecular formula is C16H15Br2ClO. The first-order valence-electron chi connectivity index (χ1n) is 6.18. The molecule has 4 heteroatoms. The van der Waals surface area contributed by atoms with Crippen molar-refractivity contribution in [2.45, 2.75) is 18.7 Å². The monoisotopic (exact) mass is 416 g/mol. The van der Waals surface area contributed by atoms with Gasteiger partial charge in [0.05, 0.1) is 11.9 Å². The van der Waals surface area contributed by atoms with Gasteiger partial charge in [0.1, 0.15) is 5.75 Å². The molecule has 0 heterocycles. The summed E-state index contributed by atoms with van der Waals surface area (Å²) in [6.45, 7) is 4.15. The van der Waals surface area contributed by atoms with Gasteiger partial charge in [0, 0.05) is 15.1 Å². The van der Waals surface area contributed by atoms with Gasteiger partial charge in [-0.15, -0.1) is 0 Å². The van der Waals surface area contributed by atoms with Gasteiger partial charge >= 0.3 is 0 Å². The third-order valence-corrected chi connectivity index (χ3v) is 5.16. The fraction of sp³-hybridized carbons (Fsp3) is 0.250. The van der Waals surface area contributed by atoms with E-state index in [9.17, 15) is 0 Å². The summed E-state index contributed by atoms with van der Waals surface area (Å²) in [5.74, 6) is 0.829. The first kappa shape index (κ1) is 15.9. The maximum Gasteiger partial charge on any atom is 0.124 e. The van der Waals surface area contributed by atoms with Gasteiger partial charge in [-0.1, -0.05) is 55.6 Å². The van der Waals surface area contributed by atoms with Gasteiger partial charge in [-0.25, -0.2) is 0 Å². The van der Waals surface area contributed by atoms with E-state index in [1.807, 2.05) is 24.3 Å². The molecule has 0 amide bonds. The van der Waals surface area contributed by atoms with Crippen molar-refractivity contribution in [3.05, 3.63) is 62.1 Å². The Morgan fingerprint density at radius 3 is 2.35 bits per heavy atom. The number of ether oxygens (including phenoxy) is 1. The molecule has 0 aliphatic heterocycles. The predicted octanol–water partition coefficient (Wildman–Crippen LogP) is 6.21. The van der Waals surface area contributed by atoms with Crippen molar-refractivity contribution >= 4 is 43.5 Å². The fourth-order valence-electron chi connectivity index (χ4n) is 2.06. The van der Waals surface area contributed by atoms with Crippen molar-refractivity contribution in [3.8, 4) is 5.75 Å². The Hall–Kier alpha value is -0.510. The number of halogens is 3.